The fourth-order valence-electron chi connectivity index (χ4n) is 6.02. The van der Waals surface area contributed by atoms with Crippen molar-refractivity contribution >= 4 is 22.6 Å². The molecule has 4 heterocycles. The second kappa shape index (κ2) is 10.4. The predicted octanol–water partition coefficient (Wildman–Crippen LogP) is 6.09. The van der Waals surface area contributed by atoms with Gasteiger partial charge in [0.1, 0.15) is 5.82 Å². The Morgan fingerprint density at radius 2 is 2.02 bits per heavy atom. The molecule has 1 unspecified atom stereocenters. The zero-order chi connectivity index (χ0) is 28.9. The number of nitrogens with zero attached hydrogens (tertiary/aromatic N) is 6. The van der Waals surface area contributed by atoms with Gasteiger partial charge in [-0.3, -0.25) is 9.48 Å². The molecule has 10 heteroatoms. The van der Waals surface area contributed by atoms with E-state index >= 15 is 0 Å². The van der Waals surface area contributed by atoms with Gasteiger partial charge >= 0.3 is 0 Å². The van der Waals surface area contributed by atoms with E-state index in [2.05, 4.69) is 69.5 Å². The number of pyridine rings is 1. The summed E-state index contributed by atoms with van der Waals surface area (Å²) in [6.45, 7) is 12.3. The first-order valence-corrected chi connectivity index (χ1v) is 14.6. The van der Waals surface area contributed by atoms with Gasteiger partial charge < -0.3 is 14.8 Å². The first kappa shape index (κ1) is 27.1. The zero-order valence-corrected chi connectivity index (χ0v) is 24.7. The molecule has 1 amide bonds. The van der Waals surface area contributed by atoms with E-state index in [1.165, 1.54) is 5.57 Å². The number of aromatic nitrogens is 7. The highest BCUT2D eigenvalue weighted by molar-refractivity contribution is 5.93. The maximum atomic E-state index is 13.1. The van der Waals surface area contributed by atoms with Crippen LogP contribution >= 0.6 is 0 Å². The minimum atomic E-state index is -0.309. The van der Waals surface area contributed by atoms with Crippen LogP contribution < -0.4 is 5.32 Å². The highest BCUT2D eigenvalue weighted by atomic mass is 16.5. The van der Waals surface area contributed by atoms with E-state index in [-0.39, 0.29) is 35.1 Å². The summed E-state index contributed by atoms with van der Waals surface area (Å²) in [5.41, 5.74) is 6.97. The summed E-state index contributed by atoms with van der Waals surface area (Å²) in [6.07, 6.45) is 13.2. The Hall–Kier alpha value is -4.08. The molecule has 214 valence electrons. The maximum Gasteiger partial charge on any atom is 0.292 e. The fraction of sp³-hybridized carbons (Fsp3) is 0.484. The smallest absolute Gasteiger partial charge is 0.292 e. The fourth-order valence-corrected chi connectivity index (χ4v) is 6.02. The third-order valence-corrected chi connectivity index (χ3v) is 8.20. The normalized spacial score (nSPS) is 19.6. The van der Waals surface area contributed by atoms with E-state index in [1.807, 2.05) is 37.8 Å². The molecule has 10 nitrogen and oxygen atoms in total. The molecular formula is C31H38N8O2. The van der Waals surface area contributed by atoms with Crippen molar-refractivity contribution in [2.75, 3.05) is 0 Å². The lowest BCUT2D eigenvalue weighted by Crippen LogP contribution is -2.41. The van der Waals surface area contributed by atoms with Crippen molar-refractivity contribution in [1.82, 2.24) is 40.2 Å². The first-order valence-electron chi connectivity index (χ1n) is 14.6. The molecule has 1 fully saturated rings. The van der Waals surface area contributed by atoms with Crippen molar-refractivity contribution in [1.29, 1.82) is 0 Å². The van der Waals surface area contributed by atoms with Gasteiger partial charge in [0.15, 0.2) is 5.65 Å². The van der Waals surface area contributed by atoms with E-state index < -0.39 is 0 Å². The van der Waals surface area contributed by atoms with E-state index in [1.54, 1.807) is 0 Å². The summed E-state index contributed by atoms with van der Waals surface area (Å²) < 4.78 is 7.36. The van der Waals surface area contributed by atoms with Crippen molar-refractivity contribution in [2.45, 2.75) is 91.1 Å². The Morgan fingerprint density at radius 1 is 1.20 bits per heavy atom. The Morgan fingerprint density at radius 3 is 2.76 bits per heavy atom. The summed E-state index contributed by atoms with van der Waals surface area (Å²) in [7, 11) is 0. The average molecular weight is 555 g/mol. The number of hydrogen-bond donors (Lipinski definition) is 2. The molecule has 41 heavy (non-hydrogen) atoms. The summed E-state index contributed by atoms with van der Waals surface area (Å²) in [5.74, 6) is 1.30. The van der Waals surface area contributed by atoms with E-state index in [0.717, 1.165) is 65.8 Å². The van der Waals surface area contributed by atoms with E-state index in [9.17, 15) is 4.79 Å². The van der Waals surface area contributed by atoms with Crippen molar-refractivity contribution in [3.05, 3.63) is 59.2 Å². The van der Waals surface area contributed by atoms with Crippen molar-refractivity contribution in [3.63, 3.8) is 0 Å². The molecule has 2 aliphatic carbocycles. The van der Waals surface area contributed by atoms with Gasteiger partial charge in [-0.05, 0) is 58.1 Å². The average Bonchev–Trinajstić information content (AvgIpc) is 3.65. The van der Waals surface area contributed by atoms with Gasteiger partial charge in [0.2, 0.25) is 5.89 Å². The van der Waals surface area contributed by atoms with Crippen LogP contribution in [0.15, 0.2) is 40.7 Å². The second-order valence-electron chi connectivity index (χ2n) is 12.5. The predicted molar refractivity (Wildman–Crippen MR) is 157 cm³/mol. The molecule has 6 rings (SSSR count). The topological polar surface area (TPSA) is 127 Å². The number of carbonyl (C=O) groups is 1. The van der Waals surface area contributed by atoms with Gasteiger partial charge in [0.25, 0.3) is 11.7 Å². The molecule has 4 aromatic heterocycles. The molecule has 2 N–H and O–H groups in total. The quantitative estimate of drug-likeness (QED) is 0.305. The Kier molecular flexibility index (Phi) is 6.87. The number of H-pyrrole nitrogens is 1. The third-order valence-electron chi connectivity index (χ3n) is 8.20. The number of carbonyl (C=O) groups excluding carboxylic acids is 1. The number of hydrogen-bond acceptors (Lipinski definition) is 7. The van der Waals surface area contributed by atoms with Crippen LogP contribution in [-0.2, 0) is 5.41 Å². The molecule has 0 saturated heterocycles. The van der Waals surface area contributed by atoms with Crippen LogP contribution in [0.25, 0.3) is 28.1 Å². The minimum absolute atomic E-state index is 0.0160. The van der Waals surface area contributed by atoms with Crippen molar-refractivity contribution in [3.8, 4) is 11.4 Å². The van der Waals surface area contributed by atoms with Gasteiger partial charge in [-0.15, -0.1) is 0 Å². The SMILES string of the molecule is Cc1c(-c2nc3nccc(C4=CCC5C(=C4)CCCC[C@H]5NC(=O)c4noc(C(C)(C)C)n4)c3[nH]2)cnn1C(C)C. The number of aromatic amines is 1. The summed E-state index contributed by atoms with van der Waals surface area (Å²) in [5, 5.41) is 11.7. The highest BCUT2D eigenvalue weighted by Gasteiger charge is 2.32. The van der Waals surface area contributed by atoms with Crippen molar-refractivity contribution < 1.29 is 9.32 Å². The zero-order valence-electron chi connectivity index (χ0n) is 24.7. The number of nitrogens with one attached hydrogen (secondary N) is 2. The van der Waals surface area contributed by atoms with Crippen LogP contribution in [-0.4, -0.2) is 46.8 Å². The van der Waals surface area contributed by atoms with E-state index in [4.69, 9.17) is 9.51 Å². The molecular weight excluding hydrogens is 516 g/mol. The molecule has 0 radical (unpaired) electrons. The van der Waals surface area contributed by atoms with Crippen molar-refractivity contribution in [2.24, 2.45) is 5.92 Å². The van der Waals surface area contributed by atoms with Crippen LogP contribution in [0.2, 0.25) is 0 Å². The summed E-state index contributed by atoms with van der Waals surface area (Å²) >= 11 is 0. The number of amides is 1. The lowest BCUT2D eigenvalue weighted by Gasteiger charge is -2.30. The number of rotatable bonds is 5. The second-order valence-corrected chi connectivity index (χ2v) is 12.5. The van der Waals surface area contributed by atoms with Gasteiger partial charge in [0, 0.05) is 40.9 Å². The van der Waals surface area contributed by atoms with Gasteiger partial charge in [0.05, 0.1) is 17.3 Å². The van der Waals surface area contributed by atoms with Crippen LogP contribution in [0.5, 0.6) is 0 Å². The number of imidazole rings is 1. The summed E-state index contributed by atoms with van der Waals surface area (Å²) in [6, 6.07) is 2.34. The molecule has 0 spiro atoms. The van der Waals surface area contributed by atoms with Crippen LogP contribution in [0.3, 0.4) is 0 Å². The first-order chi connectivity index (χ1) is 19.6. The van der Waals surface area contributed by atoms with Crippen LogP contribution in [0, 0.1) is 12.8 Å². The highest BCUT2D eigenvalue weighted by Crippen LogP contribution is 2.39. The molecule has 0 aromatic carbocycles. The standard InChI is InChI=1S/C31H38N8O2/c1-17(2)39-18(3)23(16-33-39)26-35-25-22(13-14-32-27(25)36-26)20-11-12-21-19(15-20)9-7-8-10-24(21)34-29(40)28-37-30(41-38-28)31(4,5)6/h11,13-17,21,24H,7-10,12H2,1-6H3,(H,34,40)(H,32,35,36)/t21?,24-/m1/s1. The lowest BCUT2D eigenvalue weighted by molar-refractivity contribution is 0.0910. The molecule has 0 aliphatic heterocycles. The molecule has 4 aromatic rings. The third kappa shape index (κ3) is 5.11. The van der Waals surface area contributed by atoms with Gasteiger partial charge in [-0.1, -0.05) is 50.1 Å². The maximum absolute atomic E-state index is 13.1. The van der Waals surface area contributed by atoms with E-state index in [0.29, 0.717) is 11.5 Å². The molecule has 0 bridgehead atoms. The largest absolute Gasteiger partial charge is 0.346 e. The Bertz CT molecular complexity index is 1660. The lowest BCUT2D eigenvalue weighted by atomic mass is 9.81. The molecule has 2 atom stereocenters. The molecule has 1 saturated carbocycles. The minimum Gasteiger partial charge on any atom is -0.346 e. The Balaban J connectivity index is 1.26. The Labute approximate surface area is 239 Å². The monoisotopic (exact) mass is 554 g/mol. The van der Waals surface area contributed by atoms with Crippen LogP contribution in [0.1, 0.15) is 101 Å². The summed E-state index contributed by atoms with van der Waals surface area (Å²) in [4.78, 5) is 30.4. The van der Waals surface area contributed by atoms with Gasteiger partial charge in [-0.25, -0.2) is 9.97 Å². The number of fused-ring (bicyclic) bond motifs is 2. The number of allylic oxidation sites excluding steroid dienone is 3. The molecule has 2 aliphatic rings. The van der Waals surface area contributed by atoms with Gasteiger partial charge in [-0.2, -0.15) is 10.1 Å². The van der Waals surface area contributed by atoms with Crippen LogP contribution in [0.4, 0.5) is 0 Å².